The summed E-state index contributed by atoms with van der Waals surface area (Å²) >= 11 is -0.210. The van der Waals surface area contributed by atoms with Gasteiger partial charge in [0.2, 0.25) is 11.8 Å². The number of benzene rings is 2. The predicted octanol–water partition coefficient (Wildman–Crippen LogP) is 5.69. The Labute approximate surface area is 223 Å². The van der Waals surface area contributed by atoms with Crippen LogP contribution in [-0.4, -0.2) is 46.8 Å². The minimum absolute atomic E-state index is 0.0255. The second kappa shape index (κ2) is 10.6. The number of rotatable bonds is 8. The van der Waals surface area contributed by atoms with E-state index in [9.17, 15) is 27.6 Å². The van der Waals surface area contributed by atoms with Crippen molar-refractivity contribution in [3.8, 4) is 0 Å². The minimum Gasteiger partial charge on any atom is -0.353 e. The summed E-state index contributed by atoms with van der Waals surface area (Å²) in [7, 11) is 0. The summed E-state index contributed by atoms with van der Waals surface area (Å²) in [6.07, 6.45) is 3.90. The van der Waals surface area contributed by atoms with Gasteiger partial charge in [-0.3, -0.25) is 14.4 Å². The van der Waals surface area contributed by atoms with Gasteiger partial charge in [-0.05, 0) is 80.3 Å². The Kier molecular flexibility index (Phi) is 7.44. The lowest BCUT2D eigenvalue weighted by molar-refractivity contribution is -0.137. The van der Waals surface area contributed by atoms with E-state index in [-0.39, 0.29) is 71.3 Å². The number of nitrogens with zero attached hydrogens (tertiary/aromatic N) is 2. The average molecular weight is 546 g/mol. The summed E-state index contributed by atoms with van der Waals surface area (Å²) in [5.74, 6) is -0.404. The van der Waals surface area contributed by atoms with Crippen LogP contribution in [0.2, 0.25) is 0 Å². The molecular weight excluding hydrogens is 515 g/mol. The molecule has 6 nitrogen and oxygen atoms in total. The lowest BCUT2D eigenvalue weighted by atomic mass is 9.67. The SMILES string of the molecule is CCN(C(=O)CCC(=O)NC1CC1)C1c2ccccc2N(C(=O)c2ccc(SC(F)(F)F)cc2)C2CCC12. The van der Waals surface area contributed by atoms with E-state index in [0.29, 0.717) is 12.1 Å². The van der Waals surface area contributed by atoms with E-state index in [0.717, 1.165) is 36.9 Å². The first kappa shape index (κ1) is 26.6. The normalized spacial score (nSPS) is 22.1. The Morgan fingerprint density at radius 1 is 1.00 bits per heavy atom. The van der Waals surface area contributed by atoms with Crippen molar-refractivity contribution in [2.75, 3.05) is 11.4 Å². The largest absolute Gasteiger partial charge is 0.446 e. The number of alkyl halides is 3. The van der Waals surface area contributed by atoms with Crippen LogP contribution < -0.4 is 10.2 Å². The molecule has 2 aromatic rings. The van der Waals surface area contributed by atoms with Crippen LogP contribution in [0.25, 0.3) is 0 Å². The van der Waals surface area contributed by atoms with Crippen LogP contribution >= 0.6 is 11.8 Å². The number of thioether (sulfide) groups is 1. The third kappa shape index (κ3) is 5.55. The molecule has 2 fully saturated rings. The van der Waals surface area contributed by atoms with Gasteiger partial charge < -0.3 is 15.1 Å². The van der Waals surface area contributed by atoms with E-state index in [4.69, 9.17) is 0 Å². The molecular formula is C28H30F3N3O3S. The van der Waals surface area contributed by atoms with E-state index in [1.165, 1.54) is 24.3 Å². The zero-order valence-corrected chi connectivity index (χ0v) is 21.9. The summed E-state index contributed by atoms with van der Waals surface area (Å²) in [5.41, 5.74) is -2.48. The second-order valence-corrected chi connectivity index (χ2v) is 11.2. The van der Waals surface area contributed by atoms with Crippen LogP contribution in [0.5, 0.6) is 0 Å². The number of fused-ring (bicyclic) bond motifs is 2. The Morgan fingerprint density at radius 2 is 1.71 bits per heavy atom. The fourth-order valence-electron chi connectivity index (χ4n) is 5.58. The molecule has 202 valence electrons. The zero-order chi connectivity index (χ0) is 27.0. The van der Waals surface area contributed by atoms with Crippen molar-refractivity contribution in [3.63, 3.8) is 0 Å². The van der Waals surface area contributed by atoms with Gasteiger partial charge in [0.25, 0.3) is 5.91 Å². The number of carbonyl (C=O) groups excluding carboxylic acids is 3. The molecule has 3 atom stereocenters. The van der Waals surface area contributed by atoms with Crippen LogP contribution in [0.15, 0.2) is 53.4 Å². The molecule has 38 heavy (non-hydrogen) atoms. The molecule has 0 spiro atoms. The molecule has 1 aliphatic heterocycles. The van der Waals surface area contributed by atoms with Gasteiger partial charge in [-0.1, -0.05) is 18.2 Å². The lowest BCUT2D eigenvalue weighted by Gasteiger charge is -2.55. The molecule has 10 heteroatoms. The van der Waals surface area contributed by atoms with Crippen molar-refractivity contribution in [3.05, 3.63) is 59.7 Å². The molecule has 2 saturated carbocycles. The quantitative estimate of drug-likeness (QED) is 0.433. The van der Waals surface area contributed by atoms with Crippen LogP contribution in [-0.2, 0) is 9.59 Å². The highest BCUT2D eigenvalue weighted by Crippen LogP contribution is 2.52. The average Bonchev–Trinajstić information content (AvgIpc) is 3.67. The zero-order valence-electron chi connectivity index (χ0n) is 21.0. The molecule has 3 aliphatic rings. The smallest absolute Gasteiger partial charge is 0.353 e. The number of nitrogens with one attached hydrogen (secondary N) is 1. The van der Waals surface area contributed by atoms with Crippen molar-refractivity contribution >= 4 is 35.2 Å². The first-order chi connectivity index (χ1) is 18.2. The molecule has 1 heterocycles. The molecule has 2 aromatic carbocycles. The molecule has 2 aliphatic carbocycles. The molecule has 3 amide bonds. The van der Waals surface area contributed by atoms with Gasteiger partial charge in [0, 0.05) is 53.5 Å². The summed E-state index contributed by atoms with van der Waals surface area (Å²) < 4.78 is 38.2. The highest BCUT2D eigenvalue weighted by Gasteiger charge is 2.51. The van der Waals surface area contributed by atoms with Gasteiger partial charge in [-0.15, -0.1) is 0 Å². The van der Waals surface area contributed by atoms with Gasteiger partial charge in [0.15, 0.2) is 0 Å². The molecule has 0 saturated heterocycles. The second-order valence-electron chi connectivity index (χ2n) is 10.1. The fourth-order valence-corrected chi connectivity index (χ4v) is 6.12. The summed E-state index contributed by atoms with van der Waals surface area (Å²) in [5, 5.41) is 2.93. The maximum absolute atomic E-state index is 13.7. The number of carbonyl (C=O) groups is 3. The molecule has 0 aromatic heterocycles. The van der Waals surface area contributed by atoms with Crippen molar-refractivity contribution in [2.45, 2.75) is 74.0 Å². The molecule has 0 bridgehead atoms. The van der Waals surface area contributed by atoms with E-state index >= 15 is 0 Å². The maximum atomic E-state index is 13.7. The molecule has 5 rings (SSSR count). The van der Waals surface area contributed by atoms with Crippen LogP contribution in [0.1, 0.15) is 67.4 Å². The Bertz CT molecular complexity index is 1220. The van der Waals surface area contributed by atoms with Crippen molar-refractivity contribution in [2.24, 2.45) is 5.92 Å². The first-order valence-electron chi connectivity index (χ1n) is 13.0. The highest BCUT2D eigenvalue weighted by atomic mass is 32.2. The van der Waals surface area contributed by atoms with Crippen molar-refractivity contribution in [1.29, 1.82) is 0 Å². The lowest BCUT2D eigenvalue weighted by Crippen LogP contribution is -2.58. The van der Waals surface area contributed by atoms with E-state index < -0.39 is 5.51 Å². The van der Waals surface area contributed by atoms with Crippen LogP contribution in [0.4, 0.5) is 18.9 Å². The monoisotopic (exact) mass is 545 g/mol. The number of anilines is 1. The first-order valence-corrected chi connectivity index (χ1v) is 13.8. The molecule has 0 radical (unpaired) electrons. The standard InChI is InChI=1S/C28H30F3N3O3S/c1-2-33(25(36)16-15-24(35)32-18-9-10-18)26-20-5-3-4-6-22(20)34(23-14-13-21(23)26)27(37)17-7-11-19(12-8-17)38-28(29,30)31/h3-8,11-12,18,21,23,26H,2,9-10,13-16H2,1H3,(H,32,35). The minimum atomic E-state index is -4.39. The van der Waals surface area contributed by atoms with Gasteiger partial charge in [0.05, 0.1) is 6.04 Å². The summed E-state index contributed by atoms with van der Waals surface area (Å²) in [6, 6.07) is 13.0. The van der Waals surface area contributed by atoms with Gasteiger partial charge in [-0.2, -0.15) is 13.2 Å². The predicted molar refractivity (Wildman–Crippen MR) is 139 cm³/mol. The van der Waals surface area contributed by atoms with E-state index in [1.54, 1.807) is 4.90 Å². The Morgan fingerprint density at radius 3 is 2.32 bits per heavy atom. The van der Waals surface area contributed by atoms with E-state index in [2.05, 4.69) is 5.32 Å². The molecule has 3 unspecified atom stereocenters. The highest BCUT2D eigenvalue weighted by molar-refractivity contribution is 8.00. The Balaban J connectivity index is 1.37. The van der Waals surface area contributed by atoms with Crippen LogP contribution in [0, 0.1) is 5.92 Å². The summed E-state index contributed by atoms with van der Waals surface area (Å²) in [6.45, 7) is 2.41. The van der Waals surface area contributed by atoms with Crippen LogP contribution in [0.3, 0.4) is 0 Å². The number of para-hydroxylation sites is 1. The number of halogens is 3. The van der Waals surface area contributed by atoms with Gasteiger partial charge >= 0.3 is 5.51 Å². The number of amides is 3. The third-order valence-electron chi connectivity index (χ3n) is 7.60. The van der Waals surface area contributed by atoms with Gasteiger partial charge in [0.1, 0.15) is 0 Å². The number of hydrogen-bond donors (Lipinski definition) is 1. The molecule has 1 N–H and O–H groups in total. The van der Waals surface area contributed by atoms with Crippen molar-refractivity contribution in [1.82, 2.24) is 10.2 Å². The van der Waals surface area contributed by atoms with Gasteiger partial charge in [-0.25, -0.2) is 0 Å². The van der Waals surface area contributed by atoms with E-state index in [1.807, 2.05) is 36.1 Å². The number of hydrogen-bond acceptors (Lipinski definition) is 4. The third-order valence-corrected chi connectivity index (χ3v) is 8.34. The Hall–Kier alpha value is -3.01. The van der Waals surface area contributed by atoms with Crippen molar-refractivity contribution < 1.29 is 27.6 Å². The summed E-state index contributed by atoms with van der Waals surface area (Å²) in [4.78, 5) is 42.8. The fraction of sp³-hybridized carbons (Fsp3) is 0.464. The topological polar surface area (TPSA) is 69.7 Å². The maximum Gasteiger partial charge on any atom is 0.446 e.